The van der Waals surface area contributed by atoms with E-state index in [4.69, 9.17) is 16.0 Å². The number of sulfonamides is 1. The van der Waals surface area contributed by atoms with Gasteiger partial charge in [-0.05, 0) is 68.0 Å². The molecule has 170 valence electrons. The highest BCUT2D eigenvalue weighted by molar-refractivity contribution is 7.89. The Kier molecular flexibility index (Phi) is 6.09. The summed E-state index contributed by atoms with van der Waals surface area (Å²) in [5.74, 6) is 0.373. The SMILES string of the molecule is Cc1c(Cl)cccc1NC(=O)c1oc2ccc(S(=O)(=O)N3C[C@H](C)C[C@H](C)C3)cc2c1C. The van der Waals surface area contributed by atoms with Gasteiger partial charge in [0.15, 0.2) is 5.76 Å². The number of fused-ring (bicyclic) bond motifs is 1. The van der Waals surface area contributed by atoms with Gasteiger partial charge in [-0.25, -0.2) is 8.42 Å². The van der Waals surface area contributed by atoms with E-state index in [0.29, 0.717) is 52.2 Å². The highest BCUT2D eigenvalue weighted by Crippen LogP contribution is 2.32. The number of halogens is 1. The Hall–Kier alpha value is -2.35. The van der Waals surface area contributed by atoms with Crippen molar-refractivity contribution < 1.29 is 17.6 Å². The number of hydrogen-bond acceptors (Lipinski definition) is 4. The van der Waals surface area contributed by atoms with Crippen molar-refractivity contribution in [2.45, 2.75) is 39.0 Å². The van der Waals surface area contributed by atoms with Crippen molar-refractivity contribution in [1.82, 2.24) is 4.31 Å². The molecule has 1 aliphatic heterocycles. The number of amides is 1. The number of hydrogen-bond donors (Lipinski definition) is 1. The molecule has 1 N–H and O–H groups in total. The second-order valence-corrected chi connectivity index (χ2v) is 11.2. The molecule has 0 bridgehead atoms. The third-order valence-electron chi connectivity index (χ3n) is 6.10. The first kappa shape index (κ1) is 22.8. The number of carbonyl (C=O) groups excluding carboxylic acids is 1. The second kappa shape index (κ2) is 8.54. The molecule has 1 saturated heterocycles. The van der Waals surface area contributed by atoms with Crippen LogP contribution in [0.4, 0.5) is 5.69 Å². The Bertz CT molecular complexity index is 1290. The van der Waals surface area contributed by atoms with Crippen molar-refractivity contribution in [2.75, 3.05) is 18.4 Å². The quantitative estimate of drug-likeness (QED) is 0.532. The molecule has 1 fully saturated rings. The van der Waals surface area contributed by atoms with Crippen LogP contribution in [0, 0.1) is 25.7 Å². The van der Waals surface area contributed by atoms with Gasteiger partial charge in [0.25, 0.3) is 5.91 Å². The Balaban J connectivity index is 1.66. The summed E-state index contributed by atoms with van der Waals surface area (Å²) in [4.78, 5) is 13.1. The molecule has 0 saturated carbocycles. The lowest BCUT2D eigenvalue weighted by Gasteiger charge is -2.34. The van der Waals surface area contributed by atoms with Crippen molar-refractivity contribution in [1.29, 1.82) is 0 Å². The lowest BCUT2D eigenvalue weighted by Crippen LogP contribution is -2.42. The lowest BCUT2D eigenvalue weighted by atomic mass is 9.94. The van der Waals surface area contributed by atoms with Gasteiger partial charge < -0.3 is 9.73 Å². The minimum atomic E-state index is -3.63. The summed E-state index contributed by atoms with van der Waals surface area (Å²) in [7, 11) is -3.63. The van der Waals surface area contributed by atoms with E-state index in [1.807, 2.05) is 6.92 Å². The van der Waals surface area contributed by atoms with Crippen LogP contribution in [0.5, 0.6) is 0 Å². The highest BCUT2D eigenvalue weighted by Gasteiger charge is 2.32. The van der Waals surface area contributed by atoms with Crippen molar-refractivity contribution >= 4 is 44.2 Å². The molecule has 2 heterocycles. The maximum absolute atomic E-state index is 13.3. The van der Waals surface area contributed by atoms with Crippen molar-refractivity contribution in [3.05, 3.63) is 58.3 Å². The minimum absolute atomic E-state index is 0.147. The van der Waals surface area contributed by atoms with Gasteiger partial charge in [-0.3, -0.25) is 4.79 Å². The van der Waals surface area contributed by atoms with Gasteiger partial charge in [0.05, 0.1) is 4.90 Å². The molecule has 3 aromatic rings. The molecule has 0 unspecified atom stereocenters. The summed E-state index contributed by atoms with van der Waals surface area (Å²) in [5, 5.41) is 4.00. The zero-order valence-corrected chi connectivity index (χ0v) is 20.2. The fraction of sp³-hybridized carbons (Fsp3) is 0.375. The maximum Gasteiger partial charge on any atom is 0.291 e. The summed E-state index contributed by atoms with van der Waals surface area (Å²) in [5.41, 5.74) is 2.41. The highest BCUT2D eigenvalue weighted by atomic mass is 35.5. The van der Waals surface area contributed by atoms with Crippen LogP contribution in [0.25, 0.3) is 11.0 Å². The minimum Gasteiger partial charge on any atom is -0.451 e. The van der Waals surface area contributed by atoms with Crippen LogP contribution in [0.15, 0.2) is 45.7 Å². The van der Waals surface area contributed by atoms with E-state index < -0.39 is 15.9 Å². The number of nitrogens with zero attached hydrogens (tertiary/aromatic N) is 1. The Morgan fingerprint density at radius 2 is 1.78 bits per heavy atom. The molecule has 2 aromatic carbocycles. The van der Waals surface area contributed by atoms with Gasteiger partial charge in [0, 0.05) is 34.7 Å². The zero-order valence-electron chi connectivity index (χ0n) is 18.6. The van der Waals surface area contributed by atoms with Crippen LogP contribution in [0.3, 0.4) is 0 Å². The van der Waals surface area contributed by atoms with E-state index in [9.17, 15) is 13.2 Å². The topological polar surface area (TPSA) is 79.6 Å². The number of carbonyl (C=O) groups is 1. The van der Waals surface area contributed by atoms with Gasteiger partial charge in [0.1, 0.15) is 5.58 Å². The molecular formula is C24H27ClN2O4S. The van der Waals surface area contributed by atoms with E-state index in [0.717, 1.165) is 12.0 Å². The average Bonchev–Trinajstić information content (AvgIpc) is 3.07. The van der Waals surface area contributed by atoms with Crippen molar-refractivity contribution in [2.24, 2.45) is 11.8 Å². The Labute approximate surface area is 193 Å². The molecule has 8 heteroatoms. The molecule has 0 radical (unpaired) electrons. The number of furan rings is 1. The summed E-state index contributed by atoms with van der Waals surface area (Å²) < 4.78 is 33.9. The normalized spacial score (nSPS) is 19.9. The van der Waals surface area contributed by atoms with E-state index in [-0.39, 0.29) is 10.7 Å². The molecular weight excluding hydrogens is 448 g/mol. The van der Waals surface area contributed by atoms with Crippen LogP contribution in [0.2, 0.25) is 5.02 Å². The van der Waals surface area contributed by atoms with E-state index in [1.165, 1.54) is 0 Å². The molecule has 1 amide bonds. The zero-order chi connectivity index (χ0) is 23.2. The van der Waals surface area contributed by atoms with Gasteiger partial charge >= 0.3 is 0 Å². The summed E-state index contributed by atoms with van der Waals surface area (Å²) in [6.45, 7) is 8.77. The predicted octanol–water partition coefficient (Wildman–Crippen LogP) is 5.62. The van der Waals surface area contributed by atoms with Crippen molar-refractivity contribution in [3.8, 4) is 0 Å². The summed E-state index contributed by atoms with van der Waals surface area (Å²) in [6, 6.07) is 10.1. The van der Waals surface area contributed by atoms with E-state index in [2.05, 4.69) is 19.2 Å². The second-order valence-electron chi connectivity index (χ2n) is 8.85. The van der Waals surface area contributed by atoms with E-state index >= 15 is 0 Å². The molecule has 2 atom stereocenters. The molecule has 1 aromatic heterocycles. The predicted molar refractivity (Wildman–Crippen MR) is 127 cm³/mol. The van der Waals surface area contributed by atoms with Gasteiger partial charge in [0.2, 0.25) is 10.0 Å². The number of piperidine rings is 1. The first-order valence-corrected chi connectivity index (χ1v) is 12.5. The average molecular weight is 475 g/mol. The van der Waals surface area contributed by atoms with Crippen LogP contribution in [-0.4, -0.2) is 31.7 Å². The first-order valence-electron chi connectivity index (χ1n) is 10.7. The number of nitrogens with one attached hydrogen (secondary N) is 1. The van der Waals surface area contributed by atoms with Crippen LogP contribution in [-0.2, 0) is 10.0 Å². The van der Waals surface area contributed by atoms with E-state index in [1.54, 1.807) is 47.6 Å². The number of anilines is 1. The van der Waals surface area contributed by atoms with Crippen LogP contribution in [0.1, 0.15) is 41.9 Å². The van der Waals surface area contributed by atoms with Crippen LogP contribution < -0.4 is 5.32 Å². The molecule has 4 rings (SSSR count). The van der Waals surface area contributed by atoms with Gasteiger partial charge in [-0.2, -0.15) is 4.31 Å². The lowest BCUT2D eigenvalue weighted by molar-refractivity contribution is 0.0998. The standard InChI is InChI=1S/C24H27ClN2O4S/c1-14-10-15(2)13-27(12-14)32(29,30)18-8-9-22-19(11-18)16(3)23(31-22)24(28)26-21-7-5-6-20(25)17(21)4/h5-9,11,14-15H,10,12-13H2,1-4H3,(H,26,28)/t14-,15+. The summed E-state index contributed by atoms with van der Waals surface area (Å²) in [6.07, 6.45) is 1.02. The third-order valence-corrected chi connectivity index (χ3v) is 8.34. The fourth-order valence-electron chi connectivity index (χ4n) is 4.45. The number of rotatable bonds is 4. The molecule has 32 heavy (non-hydrogen) atoms. The summed E-state index contributed by atoms with van der Waals surface area (Å²) >= 11 is 6.15. The smallest absolute Gasteiger partial charge is 0.291 e. The first-order chi connectivity index (χ1) is 15.1. The van der Waals surface area contributed by atoms with Gasteiger partial charge in [-0.1, -0.05) is 31.5 Å². The molecule has 0 spiro atoms. The number of aryl methyl sites for hydroxylation is 1. The largest absolute Gasteiger partial charge is 0.451 e. The van der Waals surface area contributed by atoms with Crippen LogP contribution >= 0.6 is 11.6 Å². The molecule has 6 nitrogen and oxygen atoms in total. The Morgan fingerprint density at radius 3 is 2.47 bits per heavy atom. The monoisotopic (exact) mass is 474 g/mol. The Morgan fingerprint density at radius 1 is 1.09 bits per heavy atom. The third kappa shape index (κ3) is 4.17. The molecule has 0 aliphatic carbocycles. The fourth-order valence-corrected chi connectivity index (χ4v) is 6.33. The molecule has 1 aliphatic rings. The van der Waals surface area contributed by atoms with Crippen molar-refractivity contribution in [3.63, 3.8) is 0 Å². The van der Waals surface area contributed by atoms with Gasteiger partial charge in [-0.15, -0.1) is 0 Å². The maximum atomic E-state index is 13.3. The number of benzene rings is 2.